The zero-order chi connectivity index (χ0) is 14.3. The molecule has 3 atom stereocenters. The Balaban J connectivity index is 1.73. The van der Waals surface area contributed by atoms with Gasteiger partial charge in [0, 0.05) is 37.8 Å². The van der Waals surface area contributed by atoms with E-state index in [0.29, 0.717) is 18.6 Å². The van der Waals surface area contributed by atoms with Crippen LogP contribution in [0.2, 0.25) is 0 Å². The number of rotatable bonds is 3. The second-order valence-electron chi connectivity index (χ2n) is 6.74. The molecule has 0 aromatic heterocycles. The smallest absolute Gasteiger partial charge is 0.282 e. The monoisotopic (exact) mass is 301 g/mol. The fraction of sp³-hybridized carbons (Fsp3) is 1.00. The van der Waals surface area contributed by atoms with Gasteiger partial charge in [-0.1, -0.05) is 6.42 Å². The molecule has 0 radical (unpaired) electrons. The maximum Gasteiger partial charge on any atom is 0.282 e. The van der Waals surface area contributed by atoms with Crippen LogP contribution >= 0.6 is 0 Å². The van der Waals surface area contributed by atoms with Crippen LogP contribution in [-0.4, -0.2) is 54.8 Å². The van der Waals surface area contributed by atoms with E-state index in [1.165, 1.54) is 12.8 Å². The van der Waals surface area contributed by atoms with Gasteiger partial charge in [-0.3, -0.25) is 0 Å². The third-order valence-electron chi connectivity index (χ3n) is 5.36. The van der Waals surface area contributed by atoms with Gasteiger partial charge in [0.1, 0.15) is 0 Å². The summed E-state index contributed by atoms with van der Waals surface area (Å²) in [5.74, 6) is 0. The Hall–Kier alpha value is -0.170. The molecule has 20 heavy (non-hydrogen) atoms. The van der Waals surface area contributed by atoms with Gasteiger partial charge in [-0.15, -0.1) is 0 Å². The molecule has 3 heterocycles. The minimum atomic E-state index is -3.29. The first-order valence-electron chi connectivity index (χ1n) is 7.99. The summed E-state index contributed by atoms with van der Waals surface area (Å²) in [7, 11) is -1.51. The van der Waals surface area contributed by atoms with Crippen LogP contribution in [0.15, 0.2) is 0 Å². The molecule has 0 amide bonds. The maximum absolute atomic E-state index is 12.9. The van der Waals surface area contributed by atoms with Crippen LogP contribution in [-0.2, 0) is 10.2 Å². The average molecular weight is 301 g/mol. The highest BCUT2D eigenvalue weighted by Gasteiger charge is 2.41. The second kappa shape index (κ2) is 5.55. The molecule has 0 aromatic rings. The molecule has 5 nitrogen and oxygen atoms in total. The topological polar surface area (TPSA) is 52.7 Å². The second-order valence-corrected chi connectivity index (χ2v) is 8.68. The fourth-order valence-corrected chi connectivity index (χ4v) is 5.89. The number of nitrogens with zero attached hydrogens (tertiary/aromatic N) is 2. The van der Waals surface area contributed by atoms with Crippen LogP contribution in [0.25, 0.3) is 0 Å². The Kier molecular flexibility index (Phi) is 4.10. The number of fused-ring (bicyclic) bond motifs is 2. The SMILES string of the molecule is CC1CCCCN1S(=O)(=O)N(C)C1CC2CCC(C1)N2. The molecule has 3 fully saturated rings. The van der Waals surface area contributed by atoms with E-state index in [1.807, 2.05) is 6.92 Å². The molecule has 3 rings (SSSR count). The maximum atomic E-state index is 12.9. The first-order chi connectivity index (χ1) is 9.48. The van der Waals surface area contributed by atoms with E-state index in [0.717, 1.165) is 32.1 Å². The molecule has 0 aromatic carbocycles. The van der Waals surface area contributed by atoms with Crippen LogP contribution in [0.5, 0.6) is 0 Å². The summed E-state index contributed by atoms with van der Waals surface area (Å²) in [4.78, 5) is 0. The Morgan fingerprint density at radius 1 is 1.10 bits per heavy atom. The molecular formula is C14H27N3O2S. The predicted molar refractivity (Wildman–Crippen MR) is 79.7 cm³/mol. The van der Waals surface area contributed by atoms with E-state index in [4.69, 9.17) is 0 Å². The molecule has 0 aliphatic carbocycles. The third-order valence-corrected chi connectivity index (χ3v) is 7.53. The summed E-state index contributed by atoms with van der Waals surface area (Å²) in [6.45, 7) is 2.72. The van der Waals surface area contributed by atoms with Crippen molar-refractivity contribution in [1.29, 1.82) is 0 Å². The minimum absolute atomic E-state index is 0.148. The summed E-state index contributed by atoms with van der Waals surface area (Å²) in [6, 6.07) is 1.37. The van der Waals surface area contributed by atoms with Crippen molar-refractivity contribution in [3.05, 3.63) is 0 Å². The molecule has 6 heteroatoms. The lowest BCUT2D eigenvalue weighted by atomic mass is 10.0. The van der Waals surface area contributed by atoms with Gasteiger partial charge in [0.25, 0.3) is 10.2 Å². The summed E-state index contributed by atoms with van der Waals surface area (Å²) < 4.78 is 29.1. The highest BCUT2D eigenvalue weighted by atomic mass is 32.2. The molecule has 116 valence electrons. The molecule has 1 N–H and O–H groups in total. The van der Waals surface area contributed by atoms with Crippen LogP contribution in [0.1, 0.15) is 51.9 Å². The van der Waals surface area contributed by atoms with Crippen molar-refractivity contribution in [3.8, 4) is 0 Å². The van der Waals surface area contributed by atoms with Gasteiger partial charge in [-0.2, -0.15) is 17.0 Å². The van der Waals surface area contributed by atoms with Gasteiger partial charge in [-0.05, 0) is 45.4 Å². The van der Waals surface area contributed by atoms with Crippen molar-refractivity contribution in [2.75, 3.05) is 13.6 Å². The van der Waals surface area contributed by atoms with Crippen LogP contribution in [0.4, 0.5) is 0 Å². The van der Waals surface area contributed by atoms with E-state index in [1.54, 1.807) is 15.7 Å². The molecular weight excluding hydrogens is 274 g/mol. The van der Waals surface area contributed by atoms with Crippen molar-refractivity contribution in [3.63, 3.8) is 0 Å². The molecule has 3 aliphatic rings. The highest BCUT2D eigenvalue weighted by molar-refractivity contribution is 7.86. The first-order valence-corrected chi connectivity index (χ1v) is 9.39. The van der Waals surface area contributed by atoms with Gasteiger partial charge in [0.2, 0.25) is 0 Å². The lowest BCUT2D eigenvalue weighted by Crippen LogP contribution is -2.54. The minimum Gasteiger partial charge on any atom is -0.311 e. The lowest BCUT2D eigenvalue weighted by Gasteiger charge is -2.40. The average Bonchev–Trinajstić information content (AvgIpc) is 2.77. The molecule has 0 saturated carbocycles. The zero-order valence-electron chi connectivity index (χ0n) is 12.6. The van der Waals surface area contributed by atoms with E-state index in [9.17, 15) is 8.42 Å². The van der Waals surface area contributed by atoms with Crippen molar-refractivity contribution in [1.82, 2.24) is 13.9 Å². The van der Waals surface area contributed by atoms with Gasteiger partial charge < -0.3 is 5.32 Å². The molecule has 3 aliphatic heterocycles. The quantitative estimate of drug-likeness (QED) is 0.855. The molecule has 2 bridgehead atoms. The van der Waals surface area contributed by atoms with Crippen LogP contribution < -0.4 is 5.32 Å². The van der Waals surface area contributed by atoms with Gasteiger partial charge in [-0.25, -0.2) is 0 Å². The van der Waals surface area contributed by atoms with E-state index < -0.39 is 10.2 Å². The first kappa shape index (κ1) is 14.8. The third kappa shape index (κ3) is 2.63. The molecule has 3 saturated heterocycles. The van der Waals surface area contributed by atoms with E-state index in [-0.39, 0.29) is 12.1 Å². The van der Waals surface area contributed by atoms with Crippen molar-refractivity contribution in [2.24, 2.45) is 0 Å². The van der Waals surface area contributed by atoms with Crippen molar-refractivity contribution < 1.29 is 8.42 Å². The van der Waals surface area contributed by atoms with Crippen molar-refractivity contribution in [2.45, 2.75) is 76.0 Å². The zero-order valence-corrected chi connectivity index (χ0v) is 13.4. The van der Waals surface area contributed by atoms with Crippen LogP contribution in [0, 0.1) is 0 Å². The summed E-state index contributed by atoms with van der Waals surface area (Å²) in [6.07, 6.45) is 7.47. The number of nitrogens with one attached hydrogen (secondary N) is 1. The highest BCUT2D eigenvalue weighted by Crippen LogP contribution is 2.32. The van der Waals surface area contributed by atoms with Gasteiger partial charge in [0.15, 0.2) is 0 Å². The number of piperidine rings is 2. The molecule has 3 unspecified atom stereocenters. The number of hydrogen-bond acceptors (Lipinski definition) is 3. The summed E-state index contributed by atoms with van der Waals surface area (Å²) >= 11 is 0. The number of hydrogen-bond donors (Lipinski definition) is 1. The Bertz CT molecular complexity index is 441. The van der Waals surface area contributed by atoms with Crippen LogP contribution in [0.3, 0.4) is 0 Å². The summed E-state index contributed by atoms with van der Waals surface area (Å²) in [5, 5.41) is 3.58. The molecule has 0 spiro atoms. The van der Waals surface area contributed by atoms with Crippen molar-refractivity contribution >= 4 is 10.2 Å². The Morgan fingerprint density at radius 3 is 2.35 bits per heavy atom. The standard InChI is InChI=1S/C14H27N3O2S/c1-11-5-3-4-8-17(11)20(18,19)16(2)14-9-12-6-7-13(10-14)15-12/h11-15H,3-10H2,1-2H3. The normalized spacial score (nSPS) is 39.4. The van der Waals surface area contributed by atoms with Gasteiger partial charge >= 0.3 is 0 Å². The van der Waals surface area contributed by atoms with E-state index in [2.05, 4.69) is 5.32 Å². The van der Waals surface area contributed by atoms with E-state index >= 15 is 0 Å². The fourth-order valence-electron chi connectivity index (χ4n) is 4.09. The summed E-state index contributed by atoms with van der Waals surface area (Å²) in [5.41, 5.74) is 0. The largest absolute Gasteiger partial charge is 0.311 e. The Morgan fingerprint density at radius 2 is 1.75 bits per heavy atom. The Labute approximate surface area is 122 Å². The van der Waals surface area contributed by atoms with Gasteiger partial charge in [0.05, 0.1) is 0 Å². The lowest BCUT2D eigenvalue weighted by molar-refractivity contribution is 0.210. The predicted octanol–water partition coefficient (Wildman–Crippen LogP) is 1.32.